The SMILES string of the molecule is CCCNC(=O)[C@H](C)OC(=O)CN(C)S(=O)(=O)c1ccc2ccccc2c1. The molecular weight excluding hydrogens is 368 g/mol. The number of carbonyl (C=O) groups is 2. The third kappa shape index (κ3) is 5.27. The van der Waals surface area contributed by atoms with Crippen molar-refractivity contribution in [3.05, 3.63) is 42.5 Å². The molecule has 0 aliphatic heterocycles. The van der Waals surface area contributed by atoms with Gasteiger partial charge in [-0.25, -0.2) is 8.42 Å². The maximum Gasteiger partial charge on any atom is 0.322 e. The molecule has 2 aromatic rings. The lowest BCUT2D eigenvalue weighted by molar-refractivity contribution is -0.154. The van der Waals surface area contributed by atoms with E-state index < -0.39 is 34.5 Å². The molecule has 27 heavy (non-hydrogen) atoms. The van der Waals surface area contributed by atoms with Gasteiger partial charge in [-0.1, -0.05) is 37.3 Å². The van der Waals surface area contributed by atoms with Gasteiger partial charge in [0.15, 0.2) is 6.10 Å². The first-order valence-electron chi connectivity index (χ1n) is 8.68. The highest BCUT2D eigenvalue weighted by atomic mass is 32.2. The highest BCUT2D eigenvalue weighted by Gasteiger charge is 2.25. The van der Waals surface area contributed by atoms with Crippen LogP contribution in [0.1, 0.15) is 20.3 Å². The van der Waals surface area contributed by atoms with Gasteiger partial charge in [-0.05, 0) is 36.2 Å². The lowest BCUT2D eigenvalue weighted by Gasteiger charge is -2.18. The van der Waals surface area contributed by atoms with Crippen LogP contribution in [0.25, 0.3) is 10.8 Å². The Labute approximate surface area is 159 Å². The molecule has 1 amide bonds. The minimum atomic E-state index is -3.86. The minimum Gasteiger partial charge on any atom is -0.452 e. The molecule has 146 valence electrons. The molecule has 0 bridgehead atoms. The van der Waals surface area contributed by atoms with Gasteiger partial charge >= 0.3 is 5.97 Å². The van der Waals surface area contributed by atoms with Crippen LogP contribution in [0.4, 0.5) is 0 Å². The smallest absolute Gasteiger partial charge is 0.322 e. The maximum absolute atomic E-state index is 12.7. The zero-order chi connectivity index (χ0) is 20.0. The zero-order valence-electron chi connectivity index (χ0n) is 15.6. The van der Waals surface area contributed by atoms with Gasteiger partial charge in [-0.2, -0.15) is 4.31 Å². The van der Waals surface area contributed by atoms with Gasteiger partial charge in [0.05, 0.1) is 4.90 Å². The van der Waals surface area contributed by atoms with E-state index in [1.54, 1.807) is 12.1 Å². The van der Waals surface area contributed by atoms with Crippen LogP contribution < -0.4 is 5.32 Å². The van der Waals surface area contributed by atoms with Crippen LogP contribution in [-0.4, -0.2) is 50.8 Å². The highest BCUT2D eigenvalue weighted by Crippen LogP contribution is 2.21. The number of nitrogens with one attached hydrogen (secondary N) is 1. The first-order chi connectivity index (χ1) is 12.8. The summed E-state index contributed by atoms with van der Waals surface area (Å²) < 4.78 is 31.4. The molecule has 0 saturated heterocycles. The number of amides is 1. The summed E-state index contributed by atoms with van der Waals surface area (Å²) in [7, 11) is -2.56. The van der Waals surface area contributed by atoms with Gasteiger partial charge in [0, 0.05) is 13.6 Å². The fraction of sp³-hybridized carbons (Fsp3) is 0.368. The summed E-state index contributed by atoms with van der Waals surface area (Å²) in [5.41, 5.74) is 0. The second-order valence-corrected chi connectivity index (χ2v) is 8.24. The predicted molar refractivity (Wildman–Crippen MR) is 103 cm³/mol. The van der Waals surface area contributed by atoms with Crippen LogP contribution >= 0.6 is 0 Å². The average molecular weight is 392 g/mol. The summed E-state index contributed by atoms with van der Waals surface area (Å²) in [6.45, 7) is 3.35. The van der Waals surface area contributed by atoms with E-state index >= 15 is 0 Å². The van der Waals surface area contributed by atoms with Crippen molar-refractivity contribution >= 4 is 32.7 Å². The first-order valence-corrected chi connectivity index (χ1v) is 10.1. The number of likely N-dealkylation sites (N-methyl/N-ethyl adjacent to an activating group) is 1. The Hall–Kier alpha value is -2.45. The van der Waals surface area contributed by atoms with E-state index in [4.69, 9.17) is 4.74 Å². The van der Waals surface area contributed by atoms with Crippen molar-refractivity contribution in [2.75, 3.05) is 20.1 Å². The van der Waals surface area contributed by atoms with E-state index in [9.17, 15) is 18.0 Å². The van der Waals surface area contributed by atoms with E-state index in [1.807, 2.05) is 31.2 Å². The monoisotopic (exact) mass is 392 g/mol. The number of hydrogen-bond acceptors (Lipinski definition) is 5. The maximum atomic E-state index is 12.7. The summed E-state index contributed by atoms with van der Waals surface area (Å²) in [6.07, 6.45) is -0.222. The molecule has 0 aliphatic rings. The van der Waals surface area contributed by atoms with Gasteiger partial charge in [0.1, 0.15) is 6.54 Å². The predicted octanol–water partition coefficient (Wildman–Crippen LogP) is 1.92. The van der Waals surface area contributed by atoms with E-state index in [0.717, 1.165) is 21.5 Å². The van der Waals surface area contributed by atoms with Crippen molar-refractivity contribution in [2.45, 2.75) is 31.3 Å². The van der Waals surface area contributed by atoms with E-state index in [-0.39, 0.29) is 4.90 Å². The number of rotatable bonds is 8. The molecule has 8 heteroatoms. The number of benzene rings is 2. The number of ether oxygens (including phenoxy) is 1. The summed E-state index contributed by atoms with van der Waals surface area (Å²) >= 11 is 0. The number of hydrogen-bond donors (Lipinski definition) is 1. The number of nitrogens with zero attached hydrogens (tertiary/aromatic N) is 1. The zero-order valence-corrected chi connectivity index (χ0v) is 16.5. The summed E-state index contributed by atoms with van der Waals surface area (Å²) in [6, 6.07) is 12.2. The second-order valence-electron chi connectivity index (χ2n) is 6.19. The van der Waals surface area contributed by atoms with Gasteiger partial charge in [-0.15, -0.1) is 0 Å². The molecule has 0 spiro atoms. The van der Waals surface area contributed by atoms with E-state index in [0.29, 0.717) is 6.54 Å². The van der Waals surface area contributed by atoms with Crippen LogP contribution in [0.2, 0.25) is 0 Å². The third-order valence-corrected chi connectivity index (χ3v) is 5.81. The Morgan fingerprint density at radius 2 is 1.81 bits per heavy atom. The topological polar surface area (TPSA) is 92.8 Å². The summed E-state index contributed by atoms with van der Waals surface area (Å²) in [5.74, 6) is -1.20. The van der Waals surface area contributed by atoms with Crippen molar-refractivity contribution in [1.82, 2.24) is 9.62 Å². The summed E-state index contributed by atoms with van der Waals surface area (Å²) in [4.78, 5) is 23.9. The molecule has 0 fully saturated rings. The molecular formula is C19H24N2O5S. The fourth-order valence-electron chi connectivity index (χ4n) is 2.45. The molecule has 1 atom stereocenters. The molecule has 0 saturated carbocycles. The highest BCUT2D eigenvalue weighted by molar-refractivity contribution is 7.89. The van der Waals surface area contributed by atoms with Crippen LogP contribution in [0.5, 0.6) is 0 Å². The molecule has 0 unspecified atom stereocenters. The fourth-order valence-corrected chi connectivity index (χ4v) is 3.61. The van der Waals surface area contributed by atoms with Crippen molar-refractivity contribution in [3.63, 3.8) is 0 Å². The Bertz CT molecular complexity index is 927. The van der Waals surface area contributed by atoms with Crippen LogP contribution in [0.3, 0.4) is 0 Å². The first kappa shape index (κ1) is 20.9. The molecule has 0 heterocycles. The number of esters is 1. The van der Waals surface area contributed by atoms with Gasteiger partial charge < -0.3 is 10.1 Å². The Kier molecular flexibility index (Phi) is 6.92. The molecule has 1 N–H and O–H groups in total. The second kappa shape index (κ2) is 8.96. The van der Waals surface area contributed by atoms with Crippen molar-refractivity contribution in [1.29, 1.82) is 0 Å². The van der Waals surface area contributed by atoms with Crippen molar-refractivity contribution < 1.29 is 22.7 Å². The third-order valence-electron chi connectivity index (χ3n) is 4.01. The molecule has 2 aromatic carbocycles. The number of sulfonamides is 1. The number of fused-ring (bicyclic) bond motifs is 1. The Morgan fingerprint density at radius 1 is 1.15 bits per heavy atom. The minimum absolute atomic E-state index is 0.0882. The average Bonchev–Trinajstić information content (AvgIpc) is 2.65. The van der Waals surface area contributed by atoms with Crippen LogP contribution in [0.15, 0.2) is 47.4 Å². The van der Waals surface area contributed by atoms with Crippen LogP contribution in [0, 0.1) is 0 Å². The largest absolute Gasteiger partial charge is 0.452 e. The standard InChI is InChI=1S/C19H24N2O5S/c1-4-11-20-19(23)14(2)26-18(22)13-21(3)27(24,25)17-10-9-15-7-5-6-8-16(15)12-17/h5-10,12,14H,4,11,13H2,1-3H3,(H,20,23)/t14-/m0/s1. The van der Waals surface area contributed by atoms with Crippen LogP contribution in [-0.2, 0) is 24.3 Å². The lowest BCUT2D eigenvalue weighted by Crippen LogP contribution is -2.39. The van der Waals surface area contributed by atoms with E-state index in [1.165, 1.54) is 20.0 Å². The normalized spacial score (nSPS) is 12.7. The van der Waals surface area contributed by atoms with Gasteiger partial charge in [0.2, 0.25) is 10.0 Å². The molecule has 0 aromatic heterocycles. The Balaban J connectivity index is 2.05. The molecule has 0 radical (unpaired) electrons. The molecule has 2 rings (SSSR count). The quantitative estimate of drug-likeness (QED) is 0.693. The lowest BCUT2D eigenvalue weighted by atomic mass is 10.1. The van der Waals surface area contributed by atoms with Crippen molar-refractivity contribution in [2.24, 2.45) is 0 Å². The van der Waals surface area contributed by atoms with Gasteiger partial charge in [0.25, 0.3) is 5.91 Å². The van der Waals surface area contributed by atoms with Crippen molar-refractivity contribution in [3.8, 4) is 0 Å². The number of carbonyl (C=O) groups excluding carboxylic acids is 2. The molecule has 0 aliphatic carbocycles. The van der Waals surface area contributed by atoms with E-state index in [2.05, 4.69) is 5.32 Å². The Morgan fingerprint density at radius 3 is 2.48 bits per heavy atom. The van der Waals surface area contributed by atoms with Gasteiger partial charge in [-0.3, -0.25) is 9.59 Å². The molecule has 7 nitrogen and oxygen atoms in total. The summed E-state index contributed by atoms with van der Waals surface area (Å²) in [5, 5.41) is 4.33.